The average Bonchev–Trinajstić information content (AvgIpc) is 2.63. The molecular formula is C18H18Cl2N4O2S. The first-order valence-corrected chi connectivity index (χ1v) is 9.99. The maximum absolute atomic E-state index is 12.7. The van der Waals surface area contributed by atoms with E-state index < -0.39 is 11.2 Å². The van der Waals surface area contributed by atoms with E-state index >= 15 is 0 Å². The van der Waals surface area contributed by atoms with Crippen LogP contribution in [0.2, 0.25) is 10.0 Å². The smallest absolute Gasteiger partial charge is 0.280 e. The minimum Gasteiger partial charge on any atom is -0.280 e. The van der Waals surface area contributed by atoms with E-state index in [1.807, 2.05) is 19.9 Å². The zero-order chi connectivity index (χ0) is 19.9. The molecule has 3 rings (SSSR count). The van der Waals surface area contributed by atoms with Gasteiger partial charge in [0.25, 0.3) is 5.56 Å². The number of nitrogens with zero attached hydrogens (tertiary/aromatic N) is 4. The van der Waals surface area contributed by atoms with Gasteiger partial charge in [0.05, 0.1) is 0 Å². The molecule has 2 heterocycles. The molecule has 2 aromatic heterocycles. The minimum atomic E-state index is -0.419. The molecule has 0 bridgehead atoms. The van der Waals surface area contributed by atoms with Crippen molar-refractivity contribution in [2.45, 2.75) is 30.5 Å². The van der Waals surface area contributed by atoms with Crippen molar-refractivity contribution in [3.8, 4) is 0 Å². The standard InChI is InChI=1S/C18H18Cl2N4O2S/c1-9(2)14-21-15-13(17(25)24(4)18(26)23(15)3)16(22-14)27-8-10-5-6-11(19)7-12(10)20/h5-7,9H,8H2,1-4H3. The van der Waals surface area contributed by atoms with Crippen molar-refractivity contribution in [3.63, 3.8) is 0 Å². The monoisotopic (exact) mass is 424 g/mol. The number of rotatable bonds is 4. The molecule has 3 aromatic rings. The summed E-state index contributed by atoms with van der Waals surface area (Å²) in [4.78, 5) is 34.1. The number of halogens is 2. The number of aromatic nitrogens is 4. The van der Waals surface area contributed by atoms with Crippen LogP contribution in [0.4, 0.5) is 0 Å². The Balaban J connectivity index is 2.18. The van der Waals surface area contributed by atoms with Crippen molar-refractivity contribution in [1.82, 2.24) is 19.1 Å². The predicted molar refractivity (Wildman–Crippen MR) is 110 cm³/mol. The van der Waals surface area contributed by atoms with Gasteiger partial charge in [-0.05, 0) is 17.7 Å². The first-order chi connectivity index (χ1) is 12.7. The van der Waals surface area contributed by atoms with Gasteiger partial charge < -0.3 is 0 Å². The Morgan fingerprint density at radius 2 is 1.81 bits per heavy atom. The van der Waals surface area contributed by atoms with Crippen LogP contribution in [0.5, 0.6) is 0 Å². The number of aryl methyl sites for hydroxylation is 1. The maximum Gasteiger partial charge on any atom is 0.332 e. The number of hydrogen-bond acceptors (Lipinski definition) is 5. The van der Waals surface area contributed by atoms with Crippen molar-refractivity contribution >= 4 is 46.0 Å². The van der Waals surface area contributed by atoms with Crippen molar-refractivity contribution in [2.75, 3.05) is 0 Å². The van der Waals surface area contributed by atoms with Crippen molar-refractivity contribution in [1.29, 1.82) is 0 Å². The molecule has 0 saturated heterocycles. The second-order valence-corrected chi connectivity index (χ2v) is 8.28. The zero-order valence-corrected chi connectivity index (χ0v) is 17.6. The number of thioether (sulfide) groups is 1. The lowest BCUT2D eigenvalue weighted by Gasteiger charge is -2.13. The first-order valence-electron chi connectivity index (χ1n) is 8.25. The third kappa shape index (κ3) is 3.77. The Bertz CT molecular complexity index is 1150. The Kier molecular flexibility index (Phi) is 5.65. The van der Waals surface area contributed by atoms with Crippen LogP contribution < -0.4 is 11.2 Å². The van der Waals surface area contributed by atoms with Crippen LogP contribution in [0.15, 0.2) is 32.8 Å². The highest BCUT2D eigenvalue weighted by Crippen LogP contribution is 2.30. The van der Waals surface area contributed by atoms with Crippen molar-refractivity contribution in [2.24, 2.45) is 14.1 Å². The summed E-state index contributed by atoms with van der Waals surface area (Å²) < 4.78 is 2.45. The van der Waals surface area contributed by atoms with E-state index in [0.717, 1.165) is 10.1 Å². The lowest BCUT2D eigenvalue weighted by atomic mass is 10.2. The van der Waals surface area contributed by atoms with Gasteiger partial charge in [0.15, 0.2) is 5.65 Å². The quantitative estimate of drug-likeness (QED) is 0.471. The summed E-state index contributed by atoms with van der Waals surface area (Å²) >= 11 is 13.6. The third-order valence-electron chi connectivity index (χ3n) is 4.18. The predicted octanol–water partition coefficient (Wildman–Crippen LogP) is 3.75. The van der Waals surface area contributed by atoms with Crippen LogP contribution in [0.25, 0.3) is 11.0 Å². The highest BCUT2D eigenvalue weighted by Gasteiger charge is 2.19. The van der Waals surface area contributed by atoms with Gasteiger partial charge in [-0.15, -0.1) is 11.8 Å². The van der Waals surface area contributed by atoms with E-state index in [1.165, 1.54) is 23.4 Å². The molecule has 6 nitrogen and oxygen atoms in total. The lowest BCUT2D eigenvalue weighted by Crippen LogP contribution is -2.37. The summed E-state index contributed by atoms with van der Waals surface area (Å²) in [5, 5.41) is 1.98. The summed E-state index contributed by atoms with van der Waals surface area (Å²) in [6.07, 6.45) is 0. The summed E-state index contributed by atoms with van der Waals surface area (Å²) in [5.74, 6) is 1.13. The molecule has 0 spiro atoms. The molecule has 0 aliphatic heterocycles. The van der Waals surface area contributed by atoms with Gasteiger partial charge in [-0.2, -0.15) is 0 Å². The Morgan fingerprint density at radius 3 is 2.44 bits per heavy atom. The molecule has 0 saturated carbocycles. The van der Waals surface area contributed by atoms with E-state index in [-0.39, 0.29) is 5.92 Å². The van der Waals surface area contributed by atoms with Gasteiger partial charge in [-0.1, -0.05) is 43.1 Å². The van der Waals surface area contributed by atoms with Gasteiger partial charge in [0.1, 0.15) is 16.2 Å². The topological polar surface area (TPSA) is 69.8 Å². The van der Waals surface area contributed by atoms with Crippen LogP contribution >= 0.6 is 35.0 Å². The second kappa shape index (κ2) is 7.66. The SMILES string of the molecule is CC(C)c1nc(SCc2ccc(Cl)cc2Cl)c2c(=O)n(C)c(=O)n(C)c2n1. The zero-order valence-electron chi connectivity index (χ0n) is 15.3. The minimum absolute atomic E-state index is 0.0482. The summed E-state index contributed by atoms with van der Waals surface area (Å²) in [6.45, 7) is 3.93. The number of benzene rings is 1. The Labute approximate surface area is 170 Å². The normalized spacial score (nSPS) is 11.5. The molecule has 0 radical (unpaired) electrons. The molecule has 0 unspecified atom stereocenters. The molecule has 1 aromatic carbocycles. The van der Waals surface area contributed by atoms with E-state index in [2.05, 4.69) is 9.97 Å². The fourth-order valence-corrected chi connectivity index (χ4v) is 4.17. The van der Waals surface area contributed by atoms with Gasteiger partial charge in [0, 0.05) is 35.8 Å². The Hall–Kier alpha value is -1.83. The van der Waals surface area contributed by atoms with Crippen molar-refractivity contribution in [3.05, 3.63) is 60.5 Å². The van der Waals surface area contributed by atoms with Gasteiger partial charge >= 0.3 is 5.69 Å². The van der Waals surface area contributed by atoms with Crippen LogP contribution in [-0.4, -0.2) is 19.1 Å². The lowest BCUT2D eigenvalue weighted by molar-refractivity contribution is 0.689. The van der Waals surface area contributed by atoms with Crippen molar-refractivity contribution < 1.29 is 0 Å². The van der Waals surface area contributed by atoms with Gasteiger partial charge in [-0.3, -0.25) is 13.9 Å². The molecule has 9 heteroatoms. The molecule has 0 atom stereocenters. The molecule has 142 valence electrons. The third-order valence-corrected chi connectivity index (χ3v) is 5.79. The fraction of sp³-hybridized carbons (Fsp3) is 0.333. The van der Waals surface area contributed by atoms with E-state index in [0.29, 0.717) is 37.7 Å². The Morgan fingerprint density at radius 1 is 1.11 bits per heavy atom. The van der Waals surface area contributed by atoms with E-state index in [1.54, 1.807) is 19.2 Å². The van der Waals surface area contributed by atoms with Crippen LogP contribution in [0.1, 0.15) is 31.2 Å². The van der Waals surface area contributed by atoms with Crippen LogP contribution in [-0.2, 0) is 19.8 Å². The summed E-state index contributed by atoms with van der Waals surface area (Å²) in [7, 11) is 3.05. The van der Waals surface area contributed by atoms with E-state index in [9.17, 15) is 9.59 Å². The molecule has 0 aliphatic carbocycles. The van der Waals surface area contributed by atoms with Gasteiger partial charge in [0.2, 0.25) is 0 Å². The summed E-state index contributed by atoms with van der Waals surface area (Å²) in [5.41, 5.74) is 0.391. The molecule has 0 N–H and O–H groups in total. The largest absolute Gasteiger partial charge is 0.332 e. The molecule has 0 aliphatic rings. The van der Waals surface area contributed by atoms with Gasteiger partial charge in [-0.25, -0.2) is 14.8 Å². The number of hydrogen-bond donors (Lipinski definition) is 0. The second-order valence-electron chi connectivity index (χ2n) is 6.47. The van der Waals surface area contributed by atoms with Crippen LogP contribution in [0.3, 0.4) is 0 Å². The highest BCUT2D eigenvalue weighted by atomic mass is 35.5. The average molecular weight is 425 g/mol. The summed E-state index contributed by atoms with van der Waals surface area (Å²) in [6, 6.07) is 5.29. The van der Waals surface area contributed by atoms with Crippen LogP contribution in [0, 0.1) is 0 Å². The maximum atomic E-state index is 12.7. The van der Waals surface area contributed by atoms with E-state index in [4.69, 9.17) is 23.2 Å². The molecule has 0 fully saturated rings. The first kappa shape index (κ1) is 19.9. The molecule has 27 heavy (non-hydrogen) atoms. The molecule has 0 amide bonds. The number of fused-ring (bicyclic) bond motifs is 1. The molecular weight excluding hydrogens is 407 g/mol. The fourth-order valence-electron chi connectivity index (χ4n) is 2.59. The highest BCUT2D eigenvalue weighted by molar-refractivity contribution is 7.98.